The quantitative estimate of drug-likeness (QED) is 0.733. The molecule has 1 N–H and O–H groups in total. The summed E-state index contributed by atoms with van der Waals surface area (Å²) in [6.07, 6.45) is 5.41. The van der Waals surface area contributed by atoms with Gasteiger partial charge in [0.25, 0.3) is 5.91 Å². The van der Waals surface area contributed by atoms with Crippen molar-refractivity contribution in [2.75, 3.05) is 13.1 Å². The van der Waals surface area contributed by atoms with Gasteiger partial charge in [-0.3, -0.25) is 9.48 Å². The smallest absolute Gasteiger partial charge is 0.253 e. The summed E-state index contributed by atoms with van der Waals surface area (Å²) in [4.78, 5) is 14.5. The molecule has 8 nitrogen and oxygen atoms in total. The molecule has 4 rings (SSSR count). The van der Waals surface area contributed by atoms with Crippen molar-refractivity contribution in [3.05, 3.63) is 59.9 Å². The van der Waals surface area contributed by atoms with Gasteiger partial charge in [-0.2, -0.15) is 5.10 Å². The molecule has 1 fully saturated rings. The van der Waals surface area contributed by atoms with Gasteiger partial charge in [0.15, 0.2) is 5.82 Å². The number of amides is 1. The van der Waals surface area contributed by atoms with Crippen molar-refractivity contribution >= 4 is 5.91 Å². The van der Waals surface area contributed by atoms with Crippen LogP contribution in [0.5, 0.6) is 5.75 Å². The van der Waals surface area contributed by atoms with E-state index in [-0.39, 0.29) is 11.7 Å². The largest absolute Gasteiger partial charge is 0.508 e. The first kappa shape index (κ1) is 18.2. The van der Waals surface area contributed by atoms with E-state index in [0.29, 0.717) is 31.1 Å². The predicted octanol–water partition coefficient (Wildman–Crippen LogP) is 2.27. The van der Waals surface area contributed by atoms with E-state index in [9.17, 15) is 9.90 Å². The van der Waals surface area contributed by atoms with Gasteiger partial charge in [-0.1, -0.05) is 0 Å². The fourth-order valence-electron chi connectivity index (χ4n) is 3.78. The Morgan fingerprint density at radius 2 is 1.93 bits per heavy atom. The number of likely N-dealkylation sites (tertiary alicyclic amines) is 1. The zero-order chi connectivity index (χ0) is 19.5. The summed E-state index contributed by atoms with van der Waals surface area (Å²) in [5.74, 6) is 2.38. The molecule has 0 unspecified atom stereocenters. The Morgan fingerprint density at radius 1 is 1.18 bits per heavy atom. The second-order valence-electron chi connectivity index (χ2n) is 7.04. The van der Waals surface area contributed by atoms with Crippen molar-refractivity contribution in [3.8, 4) is 5.75 Å². The molecule has 2 aromatic heterocycles. The van der Waals surface area contributed by atoms with Crippen LogP contribution < -0.4 is 0 Å². The van der Waals surface area contributed by atoms with Crippen LogP contribution in [0.3, 0.4) is 0 Å². The molecule has 0 atom stereocenters. The van der Waals surface area contributed by atoms with Gasteiger partial charge in [-0.05, 0) is 50.1 Å². The lowest BCUT2D eigenvalue weighted by Crippen LogP contribution is -2.38. The molecule has 0 aliphatic carbocycles. The lowest BCUT2D eigenvalue weighted by atomic mass is 9.95. The van der Waals surface area contributed by atoms with Gasteiger partial charge >= 0.3 is 0 Å². The van der Waals surface area contributed by atoms with Gasteiger partial charge < -0.3 is 14.6 Å². The second-order valence-corrected chi connectivity index (χ2v) is 7.04. The zero-order valence-electron chi connectivity index (χ0n) is 15.9. The first-order valence-electron chi connectivity index (χ1n) is 9.63. The van der Waals surface area contributed by atoms with E-state index in [2.05, 4.69) is 26.8 Å². The number of phenolic OH excluding ortho intramolecular Hbond substituents is 1. The predicted molar refractivity (Wildman–Crippen MR) is 103 cm³/mol. The first-order valence-corrected chi connectivity index (χ1v) is 9.63. The van der Waals surface area contributed by atoms with Crippen LogP contribution in [0.15, 0.2) is 42.7 Å². The van der Waals surface area contributed by atoms with E-state index < -0.39 is 0 Å². The van der Waals surface area contributed by atoms with Gasteiger partial charge in [0, 0.05) is 43.5 Å². The molecule has 3 heterocycles. The summed E-state index contributed by atoms with van der Waals surface area (Å²) in [7, 11) is 0. The Morgan fingerprint density at radius 3 is 2.57 bits per heavy atom. The molecule has 1 aromatic carbocycles. The standard InChI is InChI=1S/C20H24N6O2/c1-2-26-18(14-25-11-3-10-21-25)22-23-19(26)15-8-12-24(13-9-15)20(28)16-4-6-17(27)7-5-16/h3-7,10-11,15,27H,2,8-9,12-14H2,1H3. The number of carbonyl (C=O) groups excluding carboxylic acids is 1. The minimum atomic E-state index is 0.00906. The highest BCUT2D eigenvalue weighted by molar-refractivity contribution is 5.94. The Labute approximate surface area is 163 Å². The number of phenols is 1. The Hall–Kier alpha value is -3.16. The van der Waals surface area contributed by atoms with Crippen molar-refractivity contribution in [3.63, 3.8) is 0 Å². The van der Waals surface area contributed by atoms with Crippen LogP contribution in [-0.4, -0.2) is 53.5 Å². The van der Waals surface area contributed by atoms with Gasteiger partial charge in [0.2, 0.25) is 0 Å². The Balaban J connectivity index is 1.43. The maximum Gasteiger partial charge on any atom is 0.253 e. The fraction of sp³-hybridized carbons (Fsp3) is 0.400. The molecule has 3 aromatic rings. The topological polar surface area (TPSA) is 89.1 Å². The van der Waals surface area contributed by atoms with Crippen LogP contribution in [0, 0.1) is 0 Å². The van der Waals surface area contributed by atoms with E-state index in [1.54, 1.807) is 30.5 Å². The third kappa shape index (κ3) is 3.62. The summed E-state index contributed by atoms with van der Waals surface area (Å²) in [5.41, 5.74) is 0.606. The van der Waals surface area contributed by atoms with Crippen LogP contribution >= 0.6 is 0 Å². The molecular formula is C20H24N6O2. The molecule has 1 saturated heterocycles. The summed E-state index contributed by atoms with van der Waals surface area (Å²) in [5, 5.41) is 22.5. The normalized spacial score (nSPS) is 15.1. The van der Waals surface area contributed by atoms with Gasteiger partial charge in [0.05, 0.1) is 0 Å². The number of aromatic hydroxyl groups is 1. The van der Waals surface area contributed by atoms with Crippen molar-refractivity contribution in [2.24, 2.45) is 0 Å². The zero-order valence-corrected chi connectivity index (χ0v) is 15.9. The van der Waals surface area contributed by atoms with Crippen molar-refractivity contribution in [1.29, 1.82) is 0 Å². The number of benzene rings is 1. The van der Waals surface area contributed by atoms with Gasteiger partial charge in [-0.25, -0.2) is 0 Å². The second kappa shape index (κ2) is 7.84. The molecule has 28 heavy (non-hydrogen) atoms. The summed E-state index contributed by atoms with van der Waals surface area (Å²) >= 11 is 0. The van der Waals surface area contributed by atoms with Crippen molar-refractivity contribution in [2.45, 2.75) is 38.8 Å². The van der Waals surface area contributed by atoms with Crippen molar-refractivity contribution in [1.82, 2.24) is 29.4 Å². The van der Waals surface area contributed by atoms with Crippen LogP contribution in [0.25, 0.3) is 0 Å². The number of aromatic nitrogens is 5. The lowest BCUT2D eigenvalue weighted by Gasteiger charge is -2.31. The first-order chi connectivity index (χ1) is 13.7. The van der Waals surface area contributed by atoms with E-state index in [0.717, 1.165) is 31.0 Å². The van der Waals surface area contributed by atoms with Gasteiger partial charge in [-0.15, -0.1) is 10.2 Å². The van der Waals surface area contributed by atoms with Gasteiger partial charge in [0.1, 0.15) is 18.1 Å². The molecule has 0 bridgehead atoms. The third-order valence-corrected chi connectivity index (χ3v) is 5.30. The molecule has 0 spiro atoms. The molecule has 1 aliphatic rings. The number of carbonyl (C=O) groups is 1. The number of hydrogen-bond donors (Lipinski definition) is 1. The minimum absolute atomic E-state index is 0.00906. The van der Waals surface area contributed by atoms with E-state index in [4.69, 9.17) is 0 Å². The van der Waals surface area contributed by atoms with Crippen molar-refractivity contribution < 1.29 is 9.90 Å². The number of hydrogen-bond acceptors (Lipinski definition) is 5. The van der Waals surface area contributed by atoms with Crippen LogP contribution in [0.1, 0.15) is 47.7 Å². The summed E-state index contributed by atoms with van der Waals surface area (Å²) < 4.78 is 4.02. The number of nitrogens with zero attached hydrogens (tertiary/aromatic N) is 6. The average Bonchev–Trinajstić information content (AvgIpc) is 3.38. The highest BCUT2D eigenvalue weighted by atomic mass is 16.3. The summed E-state index contributed by atoms with van der Waals surface area (Å²) in [6.45, 7) is 4.89. The van der Waals surface area contributed by atoms with Crippen LogP contribution in [0.2, 0.25) is 0 Å². The molecular weight excluding hydrogens is 356 g/mol. The average molecular weight is 380 g/mol. The van der Waals surface area contributed by atoms with Crippen LogP contribution in [0.4, 0.5) is 0 Å². The fourth-order valence-corrected chi connectivity index (χ4v) is 3.78. The highest BCUT2D eigenvalue weighted by Gasteiger charge is 2.28. The third-order valence-electron chi connectivity index (χ3n) is 5.30. The minimum Gasteiger partial charge on any atom is -0.508 e. The molecule has 1 aliphatic heterocycles. The Kier molecular flexibility index (Phi) is 5.10. The molecule has 0 radical (unpaired) electrons. The highest BCUT2D eigenvalue weighted by Crippen LogP contribution is 2.28. The maximum atomic E-state index is 12.7. The van der Waals surface area contributed by atoms with E-state index >= 15 is 0 Å². The molecule has 8 heteroatoms. The van der Waals surface area contributed by atoms with E-state index in [1.807, 2.05) is 21.8 Å². The van der Waals surface area contributed by atoms with E-state index in [1.165, 1.54) is 0 Å². The monoisotopic (exact) mass is 380 g/mol. The molecule has 146 valence electrons. The molecule has 1 amide bonds. The number of rotatable bonds is 5. The SMILES string of the molecule is CCn1c(Cn2cccn2)nnc1C1CCN(C(=O)c2ccc(O)cc2)CC1. The summed E-state index contributed by atoms with van der Waals surface area (Å²) in [6, 6.07) is 8.32. The maximum absolute atomic E-state index is 12.7. The Bertz CT molecular complexity index is 924. The number of piperidine rings is 1. The molecule has 0 saturated carbocycles. The lowest BCUT2D eigenvalue weighted by molar-refractivity contribution is 0.0710. The van der Waals surface area contributed by atoms with Crippen LogP contribution in [-0.2, 0) is 13.1 Å².